The number of rotatable bonds is 2. The number of fused-ring (bicyclic) bond motifs is 1. The lowest BCUT2D eigenvalue weighted by Gasteiger charge is -2.19. The molecule has 0 saturated heterocycles. The Morgan fingerprint density at radius 3 is 2.91 bits per heavy atom. The van der Waals surface area contributed by atoms with Crippen LogP contribution in [0.15, 0.2) is 12.1 Å². The second-order valence-corrected chi connectivity index (χ2v) is 5.09. The van der Waals surface area contributed by atoms with Crippen molar-refractivity contribution in [1.82, 2.24) is 20.3 Å². The molecule has 118 valence electrons. The monoisotopic (exact) mass is 325 g/mol. The largest absolute Gasteiger partial charge is 0.318 e. The standard InChI is InChI=1S/C14H16FN5O.ClH/c1-8-13(18-19-20(8)2)14(21)17-11-4-3-9-7-16-6-5-10(9)12(11)15;/h3-4,16H,5-7H2,1-2H3,(H,17,21);1H. The molecule has 1 amide bonds. The number of anilines is 1. The molecule has 22 heavy (non-hydrogen) atoms. The first kappa shape index (κ1) is 16.4. The third-order valence-electron chi connectivity index (χ3n) is 3.78. The Balaban J connectivity index is 0.00000176. The third-order valence-corrected chi connectivity index (χ3v) is 3.78. The first-order valence-corrected chi connectivity index (χ1v) is 6.76. The number of carbonyl (C=O) groups excluding carboxylic acids is 1. The number of hydrogen-bond acceptors (Lipinski definition) is 4. The molecule has 1 aliphatic heterocycles. The van der Waals surface area contributed by atoms with Crippen LogP contribution in [0, 0.1) is 12.7 Å². The minimum absolute atomic E-state index is 0. The Labute approximate surface area is 133 Å². The zero-order chi connectivity index (χ0) is 15.0. The molecular weight excluding hydrogens is 309 g/mol. The van der Waals surface area contributed by atoms with Crippen LogP contribution in [0.3, 0.4) is 0 Å². The number of aryl methyl sites for hydroxylation is 1. The molecule has 0 aliphatic carbocycles. The number of carbonyl (C=O) groups is 1. The Morgan fingerprint density at radius 2 is 2.23 bits per heavy atom. The van der Waals surface area contributed by atoms with Crippen molar-refractivity contribution in [3.05, 3.63) is 40.5 Å². The van der Waals surface area contributed by atoms with Crippen LogP contribution < -0.4 is 10.6 Å². The highest BCUT2D eigenvalue weighted by molar-refractivity contribution is 6.03. The number of halogens is 2. The van der Waals surface area contributed by atoms with E-state index in [-0.39, 0.29) is 29.6 Å². The molecule has 0 bridgehead atoms. The molecule has 0 fully saturated rings. The normalized spacial score (nSPS) is 13.2. The Hall–Kier alpha value is -1.99. The van der Waals surface area contributed by atoms with Gasteiger partial charge in [-0.25, -0.2) is 4.39 Å². The summed E-state index contributed by atoms with van der Waals surface area (Å²) in [6.07, 6.45) is 0.620. The Morgan fingerprint density at radius 1 is 1.45 bits per heavy atom. The fourth-order valence-electron chi connectivity index (χ4n) is 2.43. The number of amides is 1. The summed E-state index contributed by atoms with van der Waals surface area (Å²) in [5.41, 5.74) is 2.63. The van der Waals surface area contributed by atoms with E-state index in [1.807, 2.05) is 6.07 Å². The molecule has 0 spiro atoms. The lowest BCUT2D eigenvalue weighted by Crippen LogP contribution is -2.25. The third kappa shape index (κ3) is 2.82. The van der Waals surface area contributed by atoms with Crippen LogP contribution in [0.5, 0.6) is 0 Å². The van der Waals surface area contributed by atoms with Crippen LogP contribution in [-0.4, -0.2) is 27.4 Å². The van der Waals surface area contributed by atoms with Gasteiger partial charge in [0.2, 0.25) is 0 Å². The van der Waals surface area contributed by atoms with Gasteiger partial charge < -0.3 is 10.6 Å². The average Bonchev–Trinajstić information content (AvgIpc) is 2.82. The molecule has 1 aliphatic rings. The van der Waals surface area contributed by atoms with Crippen molar-refractivity contribution in [1.29, 1.82) is 0 Å². The minimum atomic E-state index is -0.451. The Kier molecular flexibility index (Phi) is 4.77. The van der Waals surface area contributed by atoms with Gasteiger partial charge in [0.25, 0.3) is 5.91 Å². The predicted octanol–water partition coefficient (Wildman–Crippen LogP) is 1.58. The molecule has 0 unspecified atom stereocenters. The molecule has 1 aromatic carbocycles. The summed E-state index contributed by atoms with van der Waals surface area (Å²) < 4.78 is 16.0. The lowest BCUT2D eigenvalue weighted by atomic mass is 9.99. The summed E-state index contributed by atoms with van der Waals surface area (Å²) in [5.74, 6) is -0.808. The lowest BCUT2D eigenvalue weighted by molar-refractivity contribution is 0.102. The average molecular weight is 326 g/mol. The highest BCUT2D eigenvalue weighted by atomic mass is 35.5. The molecule has 2 aromatic rings. The second kappa shape index (κ2) is 6.41. The molecule has 3 rings (SSSR count). The topological polar surface area (TPSA) is 71.8 Å². The molecular formula is C14H17ClFN5O. The molecule has 0 atom stereocenters. The van der Waals surface area contributed by atoms with Crippen molar-refractivity contribution in [2.75, 3.05) is 11.9 Å². The summed E-state index contributed by atoms with van der Waals surface area (Å²) in [5, 5.41) is 13.3. The van der Waals surface area contributed by atoms with Crippen molar-refractivity contribution >= 4 is 24.0 Å². The summed E-state index contributed by atoms with van der Waals surface area (Å²) in [6.45, 7) is 3.14. The number of benzene rings is 1. The summed E-state index contributed by atoms with van der Waals surface area (Å²) in [7, 11) is 1.70. The maximum atomic E-state index is 14.5. The van der Waals surface area contributed by atoms with E-state index in [0.29, 0.717) is 24.2 Å². The van der Waals surface area contributed by atoms with Gasteiger partial charge in [-0.05, 0) is 37.1 Å². The van der Waals surface area contributed by atoms with Gasteiger partial charge in [0.15, 0.2) is 5.69 Å². The smallest absolute Gasteiger partial charge is 0.278 e. The number of aromatic nitrogens is 3. The summed E-state index contributed by atoms with van der Waals surface area (Å²) >= 11 is 0. The van der Waals surface area contributed by atoms with E-state index in [9.17, 15) is 9.18 Å². The molecule has 1 aromatic heterocycles. The zero-order valence-electron chi connectivity index (χ0n) is 12.3. The van der Waals surface area contributed by atoms with E-state index >= 15 is 0 Å². The molecule has 6 nitrogen and oxygen atoms in total. The molecule has 0 saturated carbocycles. The fraction of sp³-hybridized carbons (Fsp3) is 0.357. The molecule has 2 N–H and O–H groups in total. The van der Waals surface area contributed by atoms with Crippen molar-refractivity contribution in [2.24, 2.45) is 7.05 Å². The zero-order valence-corrected chi connectivity index (χ0v) is 13.1. The minimum Gasteiger partial charge on any atom is -0.318 e. The predicted molar refractivity (Wildman–Crippen MR) is 82.8 cm³/mol. The number of hydrogen-bond donors (Lipinski definition) is 2. The van der Waals surface area contributed by atoms with E-state index in [4.69, 9.17) is 0 Å². The number of nitrogens with zero attached hydrogens (tertiary/aromatic N) is 3. The van der Waals surface area contributed by atoms with E-state index in [0.717, 1.165) is 12.1 Å². The first-order chi connectivity index (χ1) is 10.1. The summed E-state index contributed by atoms with van der Waals surface area (Å²) in [4.78, 5) is 12.2. The maximum absolute atomic E-state index is 14.5. The van der Waals surface area contributed by atoms with Crippen molar-refractivity contribution in [3.63, 3.8) is 0 Å². The van der Waals surface area contributed by atoms with Gasteiger partial charge in [-0.1, -0.05) is 11.3 Å². The van der Waals surface area contributed by atoms with Gasteiger partial charge in [0.05, 0.1) is 11.4 Å². The molecule has 0 radical (unpaired) electrons. The van der Waals surface area contributed by atoms with Crippen LogP contribution in [0.4, 0.5) is 10.1 Å². The SMILES string of the molecule is Cc1c(C(=O)Nc2ccc3c(c2F)CCNC3)nnn1C.Cl. The van der Waals surface area contributed by atoms with Gasteiger partial charge in [-0.2, -0.15) is 0 Å². The van der Waals surface area contributed by atoms with E-state index < -0.39 is 5.91 Å². The van der Waals surface area contributed by atoms with Crippen LogP contribution in [0.1, 0.15) is 27.3 Å². The highest BCUT2D eigenvalue weighted by Crippen LogP contribution is 2.25. The van der Waals surface area contributed by atoms with Crippen molar-refractivity contribution < 1.29 is 9.18 Å². The van der Waals surface area contributed by atoms with Gasteiger partial charge in [0.1, 0.15) is 5.82 Å². The van der Waals surface area contributed by atoms with Gasteiger partial charge in [-0.3, -0.25) is 9.48 Å². The van der Waals surface area contributed by atoms with E-state index in [1.165, 1.54) is 4.68 Å². The van der Waals surface area contributed by atoms with E-state index in [1.54, 1.807) is 20.0 Å². The van der Waals surface area contributed by atoms with Crippen LogP contribution in [-0.2, 0) is 20.0 Å². The molecule has 2 heterocycles. The van der Waals surface area contributed by atoms with E-state index in [2.05, 4.69) is 20.9 Å². The first-order valence-electron chi connectivity index (χ1n) is 6.76. The van der Waals surface area contributed by atoms with Crippen molar-refractivity contribution in [2.45, 2.75) is 19.9 Å². The van der Waals surface area contributed by atoms with Gasteiger partial charge in [0, 0.05) is 13.6 Å². The highest BCUT2D eigenvalue weighted by Gasteiger charge is 2.20. The molecule has 8 heteroatoms. The van der Waals surface area contributed by atoms with Crippen LogP contribution in [0.25, 0.3) is 0 Å². The van der Waals surface area contributed by atoms with Gasteiger partial charge >= 0.3 is 0 Å². The second-order valence-electron chi connectivity index (χ2n) is 5.09. The quantitative estimate of drug-likeness (QED) is 0.879. The Bertz CT molecular complexity index is 715. The van der Waals surface area contributed by atoms with Crippen LogP contribution >= 0.6 is 12.4 Å². The fourth-order valence-corrected chi connectivity index (χ4v) is 2.43. The number of nitrogens with one attached hydrogen (secondary N) is 2. The van der Waals surface area contributed by atoms with Crippen LogP contribution in [0.2, 0.25) is 0 Å². The maximum Gasteiger partial charge on any atom is 0.278 e. The summed E-state index contributed by atoms with van der Waals surface area (Å²) in [6, 6.07) is 3.43. The van der Waals surface area contributed by atoms with Gasteiger partial charge in [-0.15, -0.1) is 17.5 Å². The van der Waals surface area contributed by atoms with Crippen molar-refractivity contribution in [3.8, 4) is 0 Å².